The Balaban J connectivity index is 2.64. The molecule has 0 saturated carbocycles. The Hall–Kier alpha value is -1.54. The van der Waals surface area contributed by atoms with E-state index in [0.717, 1.165) is 11.6 Å². The maximum absolute atomic E-state index is 13.0. The van der Waals surface area contributed by atoms with Crippen molar-refractivity contribution in [3.63, 3.8) is 0 Å². The summed E-state index contributed by atoms with van der Waals surface area (Å²) in [4.78, 5) is -0.824. The van der Waals surface area contributed by atoms with Crippen molar-refractivity contribution < 1.29 is 21.6 Å². The van der Waals surface area contributed by atoms with Gasteiger partial charge in [0.25, 0.3) is 0 Å². The van der Waals surface area contributed by atoms with Crippen LogP contribution in [0, 0.1) is 0 Å². The van der Waals surface area contributed by atoms with E-state index in [1.807, 2.05) is 0 Å². The van der Waals surface area contributed by atoms with E-state index in [2.05, 4.69) is 4.72 Å². The van der Waals surface area contributed by atoms with Gasteiger partial charge < -0.3 is 0 Å². The third-order valence-corrected chi connectivity index (χ3v) is 4.02. The molecule has 0 radical (unpaired) electrons. The van der Waals surface area contributed by atoms with Gasteiger partial charge in [-0.2, -0.15) is 13.2 Å². The average Bonchev–Trinajstić information content (AvgIpc) is 2.71. The molecule has 0 aliphatic rings. The van der Waals surface area contributed by atoms with Crippen molar-refractivity contribution in [1.29, 1.82) is 0 Å². The highest BCUT2D eigenvalue weighted by Gasteiger charge is 2.37. The third-order valence-electron chi connectivity index (χ3n) is 2.41. The molecule has 1 aromatic carbocycles. The molecule has 0 spiro atoms. The first-order valence-corrected chi connectivity index (χ1v) is 8.17. The second-order valence-electron chi connectivity index (χ2n) is 4.09. The summed E-state index contributed by atoms with van der Waals surface area (Å²) in [5.41, 5.74) is 0.108. The smallest absolute Gasteiger partial charge is 0.282 e. The fraction of sp³-hybridized carbons (Fsp3) is 0.167. The van der Waals surface area contributed by atoms with Crippen LogP contribution in [-0.4, -0.2) is 14.7 Å². The van der Waals surface area contributed by atoms with E-state index in [9.17, 15) is 21.6 Å². The van der Waals surface area contributed by atoms with Crippen molar-refractivity contribution in [1.82, 2.24) is 0 Å². The third kappa shape index (κ3) is 3.31. The molecule has 0 unspecified atom stereocenters. The van der Waals surface area contributed by atoms with Gasteiger partial charge in [0.15, 0.2) is 0 Å². The van der Waals surface area contributed by atoms with E-state index in [4.69, 9.17) is 0 Å². The van der Waals surface area contributed by atoms with Crippen LogP contribution in [0.3, 0.4) is 0 Å². The quantitative estimate of drug-likeness (QED) is 0.934. The molecule has 0 bridgehead atoms. The lowest BCUT2D eigenvalue weighted by atomic mass is 10.1. The van der Waals surface area contributed by atoms with E-state index in [0.29, 0.717) is 16.9 Å². The summed E-state index contributed by atoms with van der Waals surface area (Å²) < 4.78 is 63.7. The average molecular weight is 321 g/mol. The Morgan fingerprint density at radius 1 is 1.15 bits per heavy atom. The molecule has 108 valence electrons. The van der Waals surface area contributed by atoms with Crippen LogP contribution in [0.15, 0.2) is 35.7 Å². The number of halogens is 3. The van der Waals surface area contributed by atoms with Crippen molar-refractivity contribution in [2.24, 2.45) is 0 Å². The lowest BCUT2D eigenvalue weighted by Gasteiger charge is -2.11. The highest BCUT2D eigenvalue weighted by molar-refractivity contribution is 7.92. The summed E-state index contributed by atoms with van der Waals surface area (Å²) in [7, 11) is -3.65. The van der Waals surface area contributed by atoms with E-state index in [1.165, 1.54) is 12.1 Å². The zero-order valence-corrected chi connectivity index (χ0v) is 11.9. The molecule has 1 N–H and O–H groups in total. The molecule has 2 rings (SSSR count). The van der Waals surface area contributed by atoms with E-state index in [-0.39, 0.29) is 11.3 Å². The Bertz CT molecular complexity index is 706. The molecule has 1 aromatic heterocycles. The van der Waals surface area contributed by atoms with Crippen LogP contribution >= 0.6 is 11.3 Å². The highest BCUT2D eigenvalue weighted by atomic mass is 32.2. The van der Waals surface area contributed by atoms with Crippen molar-refractivity contribution in [2.75, 3.05) is 11.0 Å². The lowest BCUT2D eigenvalue weighted by molar-refractivity contribution is -0.133. The number of sulfonamides is 1. The molecule has 3 nitrogen and oxygen atoms in total. The van der Waals surface area contributed by atoms with Gasteiger partial charge in [0.05, 0.1) is 11.9 Å². The van der Waals surface area contributed by atoms with Crippen LogP contribution in [0.5, 0.6) is 0 Å². The fourth-order valence-electron chi connectivity index (χ4n) is 1.73. The minimum Gasteiger partial charge on any atom is -0.282 e. The molecule has 20 heavy (non-hydrogen) atoms. The minimum absolute atomic E-state index is 0.0592. The number of hydrogen-bond acceptors (Lipinski definition) is 3. The monoisotopic (exact) mass is 321 g/mol. The van der Waals surface area contributed by atoms with Crippen LogP contribution in [-0.2, 0) is 16.2 Å². The van der Waals surface area contributed by atoms with Crippen molar-refractivity contribution >= 4 is 27.0 Å². The Morgan fingerprint density at radius 3 is 2.25 bits per heavy atom. The molecule has 2 aromatic rings. The van der Waals surface area contributed by atoms with Crippen LogP contribution in [0.4, 0.5) is 18.9 Å². The standard InChI is InChI=1S/C12H10F3NO2S2/c1-20(17,18)16-9-7-19-11(12(13,14)15)10(9)8-5-3-2-4-6-8/h2-7,16H,1H3. The number of alkyl halides is 3. The molecular formula is C12H10F3NO2S2. The van der Waals surface area contributed by atoms with Crippen LogP contribution in [0.2, 0.25) is 0 Å². The molecule has 0 atom stereocenters. The van der Waals surface area contributed by atoms with E-state index in [1.54, 1.807) is 18.2 Å². The molecule has 8 heteroatoms. The van der Waals surface area contributed by atoms with Gasteiger partial charge in [-0.3, -0.25) is 4.72 Å². The SMILES string of the molecule is CS(=O)(=O)Nc1csc(C(F)(F)F)c1-c1ccccc1. The predicted octanol–water partition coefficient (Wildman–Crippen LogP) is 3.81. The van der Waals surface area contributed by atoms with Crippen LogP contribution in [0.25, 0.3) is 11.1 Å². The summed E-state index contributed by atoms with van der Waals surface area (Å²) in [5, 5.41) is 1.16. The predicted molar refractivity (Wildman–Crippen MR) is 73.2 cm³/mol. The normalized spacial score (nSPS) is 12.4. The largest absolute Gasteiger partial charge is 0.426 e. The molecule has 0 saturated heterocycles. The molecule has 1 heterocycles. The maximum atomic E-state index is 13.0. The minimum atomic E-state index is -4.53. The number of hydrogen-bond donors (Lipinski definition) is 1. The summed E-state index contributed by atoms with van der Waals surface area (Å²) in [6.45, 7) is 0. The van der Waals surface area contributed by atoms with Crippen molar-refractivity contribution in [3.05, 3.63) is 40.6 Å². The van der Waals surface area contributed by atoms with Gasteiger partial charge in [-0.05, 0) is 5.56 Å². The number of anilines is 1. The Morgan fingerprint density at radius 2 is 1.75 bits per heavy atom. The van der Waals surface area contributed by atoms with E-state index >= 15 is 0 Å². The molecule has 0 aliphatic heterocycles. The fourth-order valence-corrected chi connectivity index (χ4v) is 3.26. The maximum Gasteiger partial charge on any atom is 0.426 e. The highest BCUT2D eigenvalue weighted by Crippen LogP contribution is 2.45. The van der Waals surface area contributed by atoms with Gasteiger partial charge in [-0.1, -0.05) is 30.3 Å². The second-order valence-corrected chi connectivity index (χ2v) is 6.72. The van der Waals surface area contributed by atoms with Gasteiger partial charge in [-0.25, -0.2) is 8.42 Å². The van der Waals surface area contributed by atoms with Gasteiger partial charge in [0, 0.05) is 10.9 Å². The van der Waals surface area contributed by atoms with E-state index < -0.39 is 21.1 Å². The topological polar surface area (TPSA) is 46.2 Å². The first-order chi connectivity index (χ1) is 9.18. The lowest BCUT2D eigenvalue weighted by Crippen LogP contribution is -2.11. The Labute approximate surface area is 118 Å². The number of benzene rings is 1. The number of nitrogens with one attached hydrogen (secondary N) is 1. The number of thiophene rings is 1. The summed E-state index contributed by atoms with van der Waals surface area (Å²) in [5.74, 6) is 0. The van der Waals surface area contributed by atoms with Gasteiger partial charge in [0.2, 0.25) is 10.0 Å². The second kappa shape index (κ2) is 5.10. The molecule has 0 amide bonds. The Kier molecular flexibility index (Phi) is 3.79. The summed E-state index contributed by atoms with van der Waals surface area (Å²) in [6, 6.07) is 7.87. The van der Waals surface area contributed by atoms with Crippen LogP contribution in [0.1, 0.15) is 4.88 Å². The van der Waals surface area contributed by atoms with Gasteiger partial charge >= 0.3 is 6.18 Å². The zero-order valence-electron chi connectivity index (χ0n) is 10.2. The first kappa shape index (κ1) is 14.9. The van der Waals surface area contributed by atoms with Crippen molar-refractivity contribution in [2.45, 2.75) is 6.18 Å². The van der Waals surface area contributed by atoms with Crippen LogP contribution < -0.4 is 4.72 Å². The molecular weight excluding hydrogens is 311 g/mol. The van der Waals surface area contributed by atoms with Crippen molar-refractivity contribution in [3.8, 4) is 11.1 Å². The molecule has 0 fully saturated rings. The van der Waals surface area contributed by atoms with Gasteiger partial charge in [-0.15, -0.1) is 11.3 Å². The first-order valence-electron chi connectivity index (χ1n) is 5.40. The number of rotatable bonds is 3. The molecule has 0 aliphatic carbocycles. The summed E-state index contributed by atoms with van der Waals surface area (Å²) in [6.07, 6.45) is -3.64. The summed E-state index contributed by atoms with van der Waals surface area (Å²) >= 11 is 0.467. The van der Waals surface area contributed by atoms with Gasteiger partial charge in [0.1, 0.15) is 4.88 Å². The zero-order chi connectivity index (χ0) is 15.0.